The molecule has 0 aromatic rings. The highest BCUT2D eigenvalue weighted by Crippen LogP contribution is 2.24. The summed E-state index contributed by atoms with van der Waals surface area (Å²) in [7, 11) is 0. The normalized spacial score (nSPS) is 23.9. The Labute approximate surface area is 95.6 Å². The van der Waals surface area contributed by atoms with Crippen LogP contribution in [0.2, 0.25) is 0 Å². The maximum atomic E-state index is 9.73. The largest absolute Gasteiger partial charge is 0.389 e. The Morgan fingerprint density at radius 3 is 2.62 bits per heavy atom. The first-order valence-corrected chi connectivity index (χ1v) is 5.11. The van der Waals surface area contributed by atoms with Gasteiger partial charge in [0.2, 0.25) is 0 Å². The molecule has 0 aromatic carbocycles. The first-order valence-electron chi connectivity index (χ1n) is 5.11. The Morgan fingerprint density at radius 2 is 2.06 bits per heavy atom. The molecule has 1 aliphatic rings. The summed E-state index contributed by atoms with van der Waals surface area (Å²) < 4.78 is 10.8. The standard InChI is InChI=1S/C12H16O4/c1-12(2)15-9-11(16-12)10(14)7-5-3-4-6-8-13/h10-11,13-14H,7-9H2,1-2H3/t10?,11-/m1/s1. The van der Waals surface area contributed by atoms with Crippen molar-refractivity contribution in [3.8, 4) is 23.7 Å². The molecule has 1 heterocycles. The number of ether oxygens (including phenoxy) is 2. The van der Waals surface area contributed by atoms with Gasteiger partial charge in [0.1, 0.15) is 12.7 Å². The second-order valence-electron chi connectivity index (χ2n) is 3.90. The monoisotopic (exact) mass is 224 g/mol. The summed E-state index contributed by atoms with van der Waals surface area (Å²) in [6.07, 6.45) is -0.732. The Bertz CT molecular complexity index is 340. The number of hydrogen-bond donors (Lipinski definition) is 2. The van der Waals surface area contributed by atoms with Gasteiger partial charge < -0.3 is 19.7 Å². The topological polar surface area (TPSA) is 58.9 Å². The van der Waals surface area contributed by atoms with Crippen LogP contribution in [0, 0.1) is 23.7 Å². The molecule has 0 amide bonds. The van der Waals surface area contributed by atoms with Crippen LogP contribution < -0.4 is 0 Å². The molecule has 1 rings (SSSR count). The molecule has 16 heavy (non-hydrogen) atoms. The van der Waals surface area contributed by atoms with Gasteiger partial charge in [-0.1, -0.05) is 11.8 Å². The Kier molecular flexibility index (Phi) is 4.79. The molecule has 0 saturated carbocycles. The third kappa shape index (κ3) is 4.22. The second kappa shape index (κ2) is 5.89. The molecule has 4 nitrogen and oxygen atoms in total. The number of aliphatic hydroxyl groups is 2. The van der Waals surface area contributed by atoms with Crippen molar-refractivity contribution >= 4 is 0 Å². The van der Waals surface area contributed by atoms with Crippen molar-refractivity contribution in [3.63, 3.8) is 0 Å². The van der Waals surface area contributed by atoms with Gasteiger partial charge in [-0.2, -0.15) is 0 Å². The van der Waals surface area contributed by atoms with Crippen molar-refractivity contribution < 1.29 is 19.7 Å². The maximum Gasteiger partial charge on any atom is 0.163 e. The molecule has 4 heteroatoms. The fourth-order valence-electron chi connectivity index (χ4n) is 1.32. The van der Waals surface area contributed by atoms with E-state index in [0.29, 0.717) is 6.61 Å². The molecular formula is C12H16O4. The molecule has 0 bridgehead atoms. The minimum absolute atomic E-state index is 0.203. The van der Waals surface area contributed by atoms with E-state index in [1.165, 1.54) is 0 Å². The molecule has 88 valence electrons. The lowest BCUT2D eigenvalue weighted by atomic mass is 10.1. The summed E-state index contributed by atoms with van der Waals surface area (Å²) in [5.74, 6) is 9.46. The molecule has 0 aliphatic carbocycles. The van der Waals surface area contributed by atoms with E-state index in [-0.39, 0.29) is 19.1 Å². The zero-order chi connectivity index (χ0) is 12.0. The first-order chi connectivity index (χ1) is 7.55. The van der Waals surface area contributed by atoms with Crippen LogP contribution >= 0.6 is 0 Å². The minimum Gasteiger partial charge on any atom is -0.389 e. The summed E-state index contributed by atoms with van der Waals surface area (Å²) >= 11 is 0. The molecule has 1 aliphatic heterocycles. The fraction of sp³-hybridized carbons (Fsp3) is 0.667. The van der Waals surface area contributed by atoms with Crippen LogP contribution in [0.4, 0.5) is 0 Å². The van der Waals surface area contributed by atoms with Gasteiger partial charge in [0.15, 0.2) is 5.79 Å². The molecule has 0 radical (unpaired) electrons. The van der Waals surface area contributed by atoms with Crippen LogP contribution in [-0.2, 0) is 9.47 Å². The van der Waals surface area contributed by atoms with E-state index in [9.17, 15) is 5.11 Å². The smallest absolute Gasteiger partial charge is 0.163 e. The van der Waals surface area contributed by atoms with E-state index in [2.05, 4.69) is 23.7 Å². The van der Waals surface area contributed by atoms with Gasteiger partial charge in [0.25, 0.3) is 0 Å². The number of rotatable bonds is 2. The lowest BCUT2D eigenvalue weighted by molar-refractivity contribution is -0.150. The van der Waals surface area contributed by atoms with Crippen LogP contribution in [0.3, 0.4) is 0 Å². The van der Waals surface area contributed by atoms with E-state index in [4.69, 9.17) is 14.6 Å². The molecule has 0 aromatic heterocycles. The van der Waals surface area contributed by atoms with Crippen molar-refractivity contribution in [2.24, 2.45) is 0 Å². The summed E-state index contributed by atoms with van der Waals surface area (Å²) in [5, 5.41) is 18.1. The fourth-order valence-corrected chi connectivity index (χ4v) is 1.32. The lowest BCUT2D eigenvalue weighted by Gasteiger charge is -2.19. The zero-order valence-electron chi connectivity index (χ0n) is 9.49. The van der Waals surface area contributed by atoms with Gasteiger partial charge in [0, 0.05) is 6.42 Å². The van der Waals surface area contributed by atoms with E-state index in [1.54, 1.807) is 13.8 Å². The molecule has 0 spiro atoms. The average Bonchev–Trinajstić information content (AvgIpc) is 2.58. The van der Waals surface area contributed by atoms with Crippen LogP contribution in [0.5, 0.6) is 0 Å². The minimum atomic E-state index is -0.676. The molecule has 1 fully saturated rings. The molecule has 2 atom stereocenters. The highest BCUT2D eigenvalue weighted by atomic mass is 16.7. The molecular weight excluding hydrogens is 208 g/mol. The van der Waals surface area contributed by atoms with Crippen molar-refractivity contribution in [3.05, 3.63) is 0 Å². The number of hydrogen-bond acceptors (Lipinski definition) is 4. The SMILES string of the molecule is CC1(C)OC[C@H](C(O)CC#CC#CCO)O1. The Morgan fingerprint density at radius 1 is 1.38 bits per heavy atom. The van der Waals surface area contributed by atoms with Crippen LogP contribution in [0.25, 0.3) is 0 Å². The highest BCUT2D eigenvalue weighted by Gasteiger charge is 2.36. The van der Waals surface area contributed by atoms with Crippen molar-refractivity contribution in [1.82, 2.24) is 0 Å². The first kappa shape index (κ1) is 13.0. The Balaban J connectivity index is 2.35. The van der Waals surface area contributed by atoms with Crippen LogP contribution in [0.15, 0.2) is 0 Å². The Hall–Kier alpha value is -1.04. The predicted octanol–water partition coefficient (Wildman–Crippen LogP) is -0.112. The van der Waals surface area contributed by atoms with Gasteiger partial charge in [-0.25, -0.2) is 0 Å². The van der Waals surface area contributed by atoms with Crippen LogP contribution in [0.1, 0.15) is 20.3 Å². The van der Waals surface area contributed by atoms with Gasteiger partial charge in [-0.05, 0) is 25.7 Å². The maximum absolute atomic E-state index is 9.73. The molecule has 1 unspecified atom stereocenters. The third-order valence-corrected chi connectivity index (χ3v) is 2.09. The number of aliphatic hydroxyl groups excluding tert-OH is 2. The van der Waals surface area contributed by atoms with Crippen molar-refractivity contribution in [1.29, 1.82) is 0 Å². The third-order valence-electron chi connectivity index (χ3n) is 2.09. The van der Waals surface area contributed by atoms with Crippen molar-refractivity contribution in [2.45, 2.75) is 38.3 Å². The molecule has 1 saturated heterocycles. The van der Waals surface area contributed by atoms with E-state index in [0.717, 1.165) is 0 Å². The van der Waals surface area contributed by atoms with Gasteiger partial charge in [-0.15, -0.1) is 0 Å². The van der Waals surface area contributed by atoms with E-state index < -0.39 is 11.9 Å². The average molecular weight is 224 g/mol. The van der Waals surface area contributed by atoms with Crippen LogP contribution in [-0.4, -0.2) is 41.4 Å². The zero-order valence-corrected chi connectivity index (χ0v) is 9.49. The highest BCUT2D eigenvalue weighted by molar-refractivity contribution is 5.26. The summed E-state index contributed by atoms with van der Waals surface area (Å²) in [4.78, 5) is 0. The quantitative estimate of drug-likeness (QED) is 0.642. The van der Waals surface area contributed by atoms with Crippen molar-refractivity contribution in [2.75, 3.05) is 13.2 Å². The summed E-state index contributed by atoms with van der Waals surface area (Å²) in [6, 6.07) is 0. The second-order valence-corrected chi connectivity index (χ2v) is 3.90. The molecule has 2 N–H and O–H groups in total. The van der Waals surface area contributed by atoms with Gasteiger partial charge >= 0.3 is 0 Å². The van der Waals surface area contributed by atoms with E-state index in [1.807, 2.05) is 0 Å². The summed E-state index contributed by atoms with van der Waals surface area (Å²) in [5.41, 5.74) is 0. The van der Waals surface area contributed by atoms with Gasteiger partial charge in [-0.3, -0.25) is 0 Å². The van der Waals surface area contributed by atoms with E-state index >= 15 is 0 Å². The summed E-state index contributed by atoms with van der Waals surface area (Å²) in [6.45, 7) is 3.78. The lowest BCUT2D eigenvalue weighted by Crippen LogP contribution is -2.30. The van der Waals surface area contributed by atoms with Gasteiger partial charge in [0.05, 0.1) is 12.7 Å². The predicted molar refractivity (Wildman–Crippen MR) is 58.2 cm³/mol.